The average molecular weight is 444 g/mol. The average Bonchev–Trinajstić information content (AvgIpc) is 3.28. The topological polar surface area (TPSA) is 80.7 Å². The van der Waals surface area contributed by atoms with Gasteiger partial charge in [-0.3, -0.25) is 15.1 Å². The van der Waals surface area contributed by atoms with Crippen molar-refractivity contribution in [1.82, 2.24) is 20.2 Å². The van der Waals surface area contributed by atoms with Crippen LogP contribution in [0.3, 0.4) is 0 Å². The van der Waals surface area contributed by atoms with Gasteiger partial charge in [-0.2, -0.15) is 0 Å². The minimum atomic E-state index is -0.302. The molecule has 31 heavy (non-hydrogen) atoms. The normalized spacial score (nSPS) is 10.9. The SMILES string of the molecule is O=C(Nc1nnc(-c2ccncc2)s1)c1cc(-c2ccccc2)nc2ccc(Cl)cc12. The number of benzene rings is 2. The van der Waals surface area contributed by atoms with E-state index in [9.17, 15) is 4.79 Å². The highest BCUT2D eigenvalue weighted by Crippen LogP contribution is 2.29. The predicted octanol–water partition coefficient (Wildman–Crippen LogP) is 5.72. The molecule has 0 unspecified atom stereocenters. The highest BCUT2D eigenvalue weighted by molar-refractivity contribution is 7.18. The molecule has 0 saturated carbocycles. The first-order valence-corrected chi connectivity index (χ1v) is 10.6. The summed E-state index contributed by atoms with van der Waals surface area (Å²) in [7, 11) is 0. The summed E-state index contributed by atoms with van der Waals surface area (Å²) in [5.41, 5.74) is 3.66. The number of amides is 1. The minimum Gasteiger partial charge on any atom is -0.296 e. The largest absolute Gasteiger partial charge is 0.296 e. The van der Waals surface area contributed by atoms with Crippen molar-refractivity contribution >= 4 is 44.9 Å². The van der Waals surface area contributed by atoms with E-state index in [1.165, 1.54) is 11.3 Å². The molecule has 1 amide bonds. The van der Waals surface area contributed by atoms with Crippen LogP contribution >= 0.6 is 22.9 Å². The van der Waals surface area contributed by atoms with Crippen LogP contribution in [0.5, 0.6) is 0 Å². The van der Waals surface area contributed by atoms with E-state index in [0.717, 1.165) is 11.1 Å². The van der Waals surface area contributed by atoms with Crippen LogP contribution in [0.2, 0.25) is 5.02 Å². The molecule has 0 saturated heterocycles. The van der Waals surface area contributed by atoms with Gasteiger partial charge in [0.2, 0.25) is 5.13 Å². The Balaban J connectivity index is 1.53. The molecule has 6 nitrogen and oxygen atoms in total. The van der Waals surface area contributed by atoms with Gasteiger partial charge in [0.25, 0.3) is 5.91 Å². The van der Waals surface area contributed by atoms with Crippen molar-refractivity contribution in [2.45, 2.75) is 0 Å². The first kappa shape index (κ1) is 19.3. The van der Waals surface area contributed by atoms with E-state index in [2.05, 4.69) is 20.5 Å². The molecule has 5 rings (SSSR count). The number of rotatable bonds is 4. The second-order valence-corrected chi connectivity index (χ2v) is 8.10. The number of carbonyl (C=O) groups is 1. The second-order valence-electron chi connectivity index (χ2n) is 6.68. The molecule has 0 radical (unpaired) electrons. The summed E-state index contributed by atoms with van der Waals surface area (Å²) in [6.45, 7) is 0. The Labute approximate surface area is 186 Å². The molecule has 5 aromatic rings. The first-order chi connectivity index (χ1) is 15.2. The van der Waals surface area contributed by atoms with Crippen molar-refractivity contribution in [3.05, 3.63) is 89.7 Å². The quantitative estimate of drug-likeness (QED) is 0.384. The molecule has 0 aliphatic heterocycles. The number of pyridine rings is 2. The molecule has 0 atom stereocenters. The van der Waals surface area contributed by atoms with E-state index in [0.29, 0.717) is 37.3 Å². The summed E-state index contributed by atoms with van der Waals surface area (Å²) < 4.78 is 0. The van der Waals surface area contributed by atoms with Crippen molar-refractivity contribution in [1.29, 1.82) is 0 Å². The molecule has 3 aromatic heterocycles. The van der Waals surface area contributed by atoms with Crippen LogP contribution < -0.4 is 5.32 Å². The van der Waals surface area contributed by atoms with Gasteiger partial charge in [0.15, 0.2) is 0 Å². The summed E-state index contributed by atoms with van der Waals surface area (Å²) in [6, 6.07) is 20.5. The van der Waals surface area contributed by atoms with Crippen LogP contribution in [0, 0.1) is 0 Å². The maximum atomic E-state index is 13.2. The third-order valence-electron chi connectivity index (χ3n) is 4.66. The third kappa shape index (κ3) is 4.01. The van der Waals surface area contributed by atoms with Gasteiger partial charge in [-0.15, -0.1) is 10.2 Å². The van der Waals surface area contributed by atoms with Crippen molar-refractivity contribution in [2.75, 3.05) is 5.32 Å². The third-order valence-corrected chi connectivity index (χ3v) is 5.78. The minimum absolute atomic E-state index is 0.302. The lowest BCUT2D eigenvalue weighted by molar-refractivity contribution is 0.102. The number of nitrogens with one attached hydrogen (secondary N) is 1. The Bertz CT molecular complexity index is 1390. The molecule has 2 aromatic carbocycles. The van der Waals surface area contributed by atoms with Crippen LogP contribution in [0.15, 0.2) is 79.1 Å². The Kier molecular flexibility index (Phi) is 5.11. The number of hydrogen-bond acceptors (Lipinski definition) is 6. The van der Waals surface area contributed by atoms with E-state index in [-0.39, 0.29) is 5.91 Å². The van der Waals surface area contributed by atoms with Gasteiger partial charge >= 0.3 is 0 Å². The fraction of sp³-hybridized carbons (Fsp3) is 0. The van der Waals surface area contributed by atoms with E-state index < -0.39 is 0 Å². The van der Waals surface area contributed by atoms with Crippen molar-refractivity contribution in [2.24, 2.45) is 0 Å². The van der Waals surface area contributed by atoms with Crippen molar-refractivity contribution < 1.29 is 4.79 Å². The Morgan fingerprint density at radius 1 is 0.903 bits per heavy atom. The van der Waals surface area contributed by atoms with Crippen LogP contribution in [0.1, 0.15) is 10.4 Å². The van der Waals surface area contributed by atoms with E-state index >= 15 is 0 Å². The lowest BCUT2D eigenvalue weighted by atomic mass is 10.0. The number of aromatic nitrogens is 4. The van der Waals surface area contributed by atoms with Crippen molar-refractivity contribution in [3.63, 3.8) is 0 Å². The highest BCUT2D eigenvalue weighted by atomic mass is 35.5. The zero-order valence-electron chi connectivity index (χ0n) is 16.0. The van der Waals surface area contributed by atoms with Gasteiger partial charge in [-0.1, -0.05) is 53.3 Å². The van der Waals surface area contributed by atoms with Gasteiger partial charge in [0.05, 0.1) is 16.8 Å². The van der Waals surface area contributed by atoms with Gasteiger partial charge in [0.1, 0.15) is 5.01 Å². The summed E-state index contributed by atoms with van der Waals surface area (Å²) >= 11 is 7.49. The van der Waals surface area contributed by atoms with Crippen LogP contribution in [-0.4, -0.2) is 26.1 Å². The predicted molar refractivity (Wildman–Crippen MR) is 123 cm³/mol. The Morgan fingerprint density at radius 3 is 2.52 bits per heavy atom. The van der Waals surface area contributed by atoms with E-state index in [1.807, 2.05) is 48.5 Å². The van der Waals surface area contributed by atoms with Gasteiger partial charge < -0.3 is 0 Å². The molecule has 1 N–H and O–H groups in total. The van der Waals surface area contributed by atoms with Crippen LogP contribution in [-0.2, 0) is 0 Å². The molecule has 3 heterocycles. The van der Waals surface area contributed by atoms with Crippen LogP contribution in [0.25, 0.3) is 32.7 Å². The molecule has 0 bridgehead atoms. The summed E-state index contributed by atoms with van der Waals surface area (Å²) in [5.74, 6) is -0.302. The fourth-order valence-corrected chi connectivity index (χ4v) is 4.11. The standard InChI is InChI=1S/C23H14ClN5OS/c24-16-6-7-19-17(12-16)18(13-20(26-19)14-4-2-1-3-5-14)21(30)27-23-29-28-22(31-23)15-8-10-25-11-9-15/h1-13H,(H,27,29,30). The highest BCUT2D eigenvalue weighted by Gasteiger charge is 2.17. The molecular weight excluding hydrogens is 430 g/mol. The summed E-state index contributed by atoms with van der Waals surface area (Å²) in [5, 5.41) is 13.4. The monoisotopic (exact) mass is 443 g/mol. The van der Waals surface area contributed by atoms with Gasteiger partial charge in [-0.05, 0) is 36.4 Å². The molecule has 0 aliphatic carbocycles. The number of fused-ring (bicyclic) bond motifs is 1. The Hall–Kier alpha value is -3.68. The lowest BCUT2D eigenvalue weighted by Crippen LogP contribution is -2.13. The number of hydrogen-bond donors (Lipinski definition) is 1. The molecule has 8 heteroatoms. The smallest absolute Gasteiger partial charge is 0.258 e. The maximum absolute atomic E-state index is 13.2. The first-order valence-electron chi connectivity index (χ1n) is 9.38. The summed E-state index contributed by atoms with van der Waals surface area (Å²) in [6.07, 6.45) is 3.37. The van der Waals surface area contributed by atoms with Crippen LogP contribution in [0.4, 0.5) is 5.13 Å². The lowest BCUT2D eigenvalue weighted by Gasteiger charge is -2.10. The molecule has 0 fully saturated rings. The maximum Gasteiger partial charge on any atom is 0.258 e. The number of anilines is 1. The van der Waals surface area contributed by atoms with E-state index in [1.54, 1.807) is 30.6 Å². The molecular formula is C23H14ClN5OS. The number of halogens is 1. The molecule has 0 aliphatic rings. The van der Waals surface area contributed by atoms with Crippen molar-refractivity contribution in [3.8, 4) is 21.8 Å². The zero-order valence-corrected chi connectivity index (χ0v) is 17.6. The molecule has 150 valence electrons. The molecule has 0 spiro atoms. The van der Waals surface area contributed by atoms with E-state index in [4.69, 9.17) is 16.6 Å². The Morgan fingerprint density at radius 2 is 1.71 bits per heavy atom. The number of nitrogens with zero attached hydrogens (tertiary/aromatic N) is 4. The number of carbonyl (C=O) groups excluding carboxylic acids is 1. The second kappa shape index (κ2) is 8.22. The van der Waals surface area contributed by atoms with Gasteiger partial charge in [-0.25, -0.2) is 4.98 Å². The summed E-state index contributed by atoms with van der Waals surface area (Å²) in [4.78, 5) is 21.9. The van der Waals surface area contributed by atoms with Gasteiger partial charge in [0, 0.05) is 33.9 Å². The fourth-order valence-electron chi connectivity index (χ4n) is 3.19. The zero-order chi connectivity index (χ0) is 21.2.